The van der Waals surface area contributed by atoms with Gasteiger partial charge in [-0.2, -0.15) is 0 Å². The second kappa shape index (κ2) is 10.3. The number of phenols is 1. The first-order valence-corrected chi connectivity index (χ1v) is 12.7. The minimum Gasteiger partial charge on any atom is -0.508 e. The highest BCUT2D eigenvalue weighted by molar-refractivity contribution is 9.10. The van der Waals surface area contributed by atoms with E-state index in [4.69, 9.17) is 4.74 Å². The van der Waals surface area contributed by atoms with E-state index in [-0.39, 0.29) is 17.3 Å². The minimum atomic E-state index is 0.213. The van der Waals surface area contributed by atoms with Crippen LogP contribution in [0.25, 0.3) is 0 Å². The number of nitrogens with zero attached hydrogens (tertiary/aromatic N) is 1. The summed E-state index contributed by atoms with van der Waals surface area (Å²) in [5.74, 6) is 1.53. The van der Waals surface area contributed by atoms with Gasteiger partial charge in [0.05, 0.1) is 0 Å². The molecular weight excluding hydrogens is 558 g/mol. The minimum absolute atomic E-state index is 0.213. The number of aromatic nitrogens is 1. The number of aryl methyl sites for hydroxylation is 2. The fourth-order valence-electron chi connectivity index (χ4n) is 3.91. The van der Waals surface area contributed by atoms with Gasteiger partial charge in [0.25, 0.3) is 0 Å². The van der Waals surface area contributed by atoms with Crippen LogP contribution < -0.4 is 4.74 Å². The molecule has 0 spiro atoms. The Labute approximate surface area is 207 Å². The largest absolute Gasteiger partial charge is 0.508 e. The summed E-state index contributed by atoms with van der Waals surface area (Å²) in [6.07, 6.45) is 5.42. The summed E-state index contributed by atoms with van der Waals surface area (Å²) in [5, 5.41) is 12.4. The highest BCUT2D eigenvalue weighted by Gasteiger charge is 2.21. The molecule has 0 saturated carbocycles. The lowest BCUT2D eigenvalue weighted by Crippen LogP contribution is -2.14. The Kier molecular flexibility index (Phi) is 7.43. The maximum absolute atomic E-state index is 11.6. The van der Waals surface area contributed by atoms with Crippen LogP contribution in [-0.2, 0) is 41.9 Å². The van der Waals surface area contributed by atoms with E-state index in [0.29, 0.717) is 32.3 Å². The third kappa shape index (κ3) is 5.66. The van der Waals surface area contributed by atoms with Crippen LogP contribution in [0.5, 0.6) is 11.5 Å². The molecule has 3 aromatic rings. The lowest BCUT2D eigenvalue weighted by molar-refractivity contribution is -0.119. The van der Waals surface area contributed by atoms with Gasteiger partial charge in [-0.3, -0.25) is 9.59 Å². The van der Waals surface area contributed by atoms with Crippen molar-refractivity contribution in [2.75, 3.05) is 0 Å². The van der Waals surface area contributed by atoms with Crippen molar-refractivity contribution in [1.82, 2.24) is 4.98 Å². The first-order chi connectivity index (χ1) is 15.4. The van der Waals surface area contributed by atoms with Gasteiger partial charge in [-0.05, 0) is 48.2 Å². The van der Waals surface area contributed by atoms with Crippen LogP contribution in [0, 0.1) is 0 Å². The van der Waals surface area contributed by atoms with E-state index in [2.05, 4.69) is 42.9 Å². The van der Waals surface area contributed by atoms with E-state index in [1.165, 1.54) is 5.56 Å². The van der Waals surface area contributed by atoms with Crippen LogP contribution in [0.2, 0.25) is 0 Å². The number of fused-ring (bicyclic) bond motifs is 2. The number of ether oxygens (including phenoxy) is 1. The van der Waals surface area contributed by atoms with E-state index < -0.39 is 0 Å². The van der Waals surface area contributed by atoms with Crippen molar-refractivity contribution in [2.24, 2.45) is 0 Å². The second-order valence-corrected chi connectivity index (χ2v) is 10.6. The number of aromatic hydroxyl groups is 1. The smallest absolute Gasteiger partial charge is 0.140 e. The average molecular weight is 579 g/mol. The van der Waals surface area contributed by atoms with Gasteiger partial charge < -0.3 is 9.84 Å². The lowest BCUT2D eigenvalue weighted by atomic mass is 9.90. The van der Waals surface area contributed by atoms with E-state index >= 15 is 0 Å². The van der Waals surface area contributed by atoms with Crippen molar-refractivity contribution in [3.05, 3.63) is 72.0 Å². The van der Waals surface area contributed by atoms with Gasteiger partial charge >= 0.3 is 0 Å². The predicted molar refractivity (Wildman–Crippen MR) is 130 cm³/mol. The molecule has 1 aromatic heterocycles. The van der Waals surface area contributed by atoms with Crippen molar-refractivity contribution in [3.8, 4) is 11.5 Å². The van der Waals surface area contributed by atoms with E-state index in [9.17, 15) is 14.7 Å². The van der Waals surface area contributed by atoms with Crippen LogP contribution in [-0.4, -0.2) is 21.7 Å². The zero-order valence-corrected chi connectivity index (χ0v) is 21.2. The highest BCUT2D eigenvalue weighted by atomic mass is 79.9. The zero-order valence-electron chi connectivity index (χ0n) is 17.2. The molecule has 0 aliphatic heterocycles. The van der Waals surface area contributed by atoms with Crippen molar-refractivity contribution in [3.63, 3.8) is 0 Å². The molecule has 0 saturated heterocycles. The molecule has 0 radical (unpaired) electrons. The summed E-state index contributed by atoms with van der Waals surface area (Å²) < 4.78 is 7.71. The number of halogens is 2. The summed E-state index contributed by atoms with van der Waals surface area (Å²) in [6.45, 7) is 0.453. The molecule has 0 bridgehead atoms. The SMILES string of the molecule is O=C1CCc2cc(Br)cc(O)c2C1.O=C1CCc2cc(Br)cc(OCc3nccs3)c2C1. The number of hydrogen-bond acceptors (Lipinski definition) is 6. The molecule has 2 aliphatic carbocycles. The third-order valence-corrected chi connectivity index (χ3v) is 7.15. The fourth-order valence-corrected chi connectivity index (χ4v) is 5.41. The molecule has 5 rings (SSSR count). The average Bonchev–Trinajstić information content (AvgIpc) is 3.27. The fraction of sp³-hybridized carbons (Fsp3) is 0.292. The molecule has 2 aliphatic rings. The Bertz CT molecular complexity index is 1160. The molecule has 0 fully saturated rings. The number of carbonyl (C=O) groups excluding carboxylic acids is 2. The molecule has 0 amide bonds. The van der Waals surface area contributed by atoms with E-state index in [1.54, 1.807) is 23.6 Å². The normalized spacial score (nSPS) is 14.8. The van der Waals surface area contributed by atoms with Crippen molar-refractivity contribution in [1.29, 1.82) is 0 Å². The van der Waals surface area contributed by atoms with Gasteiger partial charge in [-0.1, -0.05) is 31.9 Å². The Balaban J connectivity index is 0.000000165. The standard InChI is InChI=1S/C14H12BrNO2S.C10H9BrO2/c15-10-5-9-1-2-11(17)7-12(9)13(6-10)18-8-14-16-3-4-19-14;11-7-3-6-1-2-8(12)5-9(6)10(13)4-7/h3-6H,1-2,7-8H2;3-4,13H,1-2,5H2. The topological polar surface area (TPSA) is 76.5 Å². The predicted octanol–water partition coefficient (Wildman–Crippen LogP) is 5.75. The number of thiazole rings is 1. The molecular formula is C24H21Br2NO4S. The molecule has 0 unspecified atom stereocenters. The molecule has 1 N–H and O–H groups in total. The zero-order chi connectivity index (χ0) is 22.7. The van der Waals surface area contributed by atoms with E-state index in [1.807, 2.05) is 17.5 Å². The first-order valence-electron chi connectivity index (χ1n) is 10.2. The van der Waals surface area contributed by atoms with Gasteiger partial charge in [0.15, 0.2) is 0 Å². The van der Waals surface area contributed by atoms with Gasteiger partial charge in [0.2, 0.25) is 0 Å². The molecule has 32 heavy (non-hydrogen) atoms. The highest BCUT2D eigenvalue weighted by Crippen LogP contribution is 2.33. The molecule has 0 atom stereocenters. The Morgan fingerprint density at radius 1 is 0.906 bits per heavy atom. The molecule has 1 heterocycles. The summed E-state index contributed by atoms with van der Waals surface area (Å²) in [4.78, 5) is 27.0. The summed E-state index contributed by atoms with van der Waals surface area (Å²) in [5.41, 5.74) is 4.14. The number of rotatable bonds is 3. The van der Waals surface area contributed by atoms with Gasteiger partial charge in [-0.25, -0.2) is 4.98 Å². The number of Topliss-reactive ketones (excluding diaryl/α,β-unsaturated/α-hetero) is 2. The molecule has 5 nitrogen and oxygen atoms in total. The number of phenolic OH excluding ortho intramolecular Hbond substituents is 1. The van der Waals surface area contributed by atoms with Gasteiger partial charge in [-0.15, -0.1) is 11.3 Å². The summed E-state index contributed by atoms with van der Waals surface area (Å²) in [7, 11) is 0. The Hall–Kier alpha value is -2.03. The number of ketones is 2. The monoisotopic (exact) mass is 577 g/mol. The van der Waals surface area contributed by atoms with Crippen molar-refractivity contribution >= 4 is 54.8 Å². The van der Waals surface area contributed by atoms with Gasteiger partial charge in [0, 0.05) is 57.3 Å². The number of hydrogen-bond donors (Lipinski definition) is 1. The second-order valence-electron chi connectivity index (χ2n) is 7.75. The van der Waals surface area contributed by atoms with Crippen LogP contribution >= 0.6 is 43.2 Å². The van der Waals surface area contributed by atoms with E-state index in [0.717, 1.165) is 49.2 Å². The maximum atomic E-state index is 11.6. The quantitative estimate of drug-likeness (QED) is 0.428. The van der Waals surface area contributed by atoms with Crippen LogP contribution in [0.4, 0.5) is 0 Å². The first kappa shape index (κ1) is 23.1. The van der Waals surface area contributed by atoms with Crippen molar-refractivity contribution in [2.45, 2.75) is 45.1 Å². The maximum Gasteiger partial charge on any atom is 0.140 e. The Morgan fingerprint density at radius 2 is 1.53 bits per heavy atom. The molecule has 166 valence electrons. The lowest BCUT2D eigenvalue weighted by Gasteiger charge is -2.19. The third-order valence-electron chi connectivity index (χ3n) is 5.48. The summed E-state index contributed by atoms with van der Waals surface area (Å²) >= 11 is 8.38. The summed E-state index contributed by atoms with van der Waals surface area (Å²) in [6, 6.07) is 7.63. The van der Waals surface area contributed by atoms with Crippen LogP contribution in [0.1, 0.15) is 40.1 Å². The number of carbonyl (C=O) groups is 2. The van der Waals surface area contributed by atoms with Crippen LogP contribution in [0.3, 0.4) is 0 Å². The molecule has 2 aromatic carbocycles. The Morgan fingerprint density at radius 3 is 2.19 bits per heavy atom. The van der Waals surface area contributed by atoms with Crippen molar-refractivity contribution < 1.29 is 19.4 Å². The molecule has 8 heteroatoms. The number of benzene rings is 2. The van der Waals surface area contributed by atoms with Crippen LogP contribution in [0.15, 0.2) is 44.8 Å². The van der Waals surface area contributed by atoms with Gasteiger partial charge in [0.1, 0.15) is 34.7 Å².